The monoisotopic (exact) mass is 473 g/mol. The van der Waals surface area contributed by atoms with Crippen molar-refractivity contribution in [3.05, 3.63) is 90.5 Å². The van der Waals surface area contributed by atoms with Crippen LogP contribution < -0.4 is 10.2 Å². The van der Waals surface area contributed by atoms with Crippen molar-refractivity contribution in [1.82, 2.24) is 14.3 Å². The van der Waals surface area contributed by atoms with Crippen LogP contribution in [-0.2, 0) is 10.0 Å². The summed E-state index contributed by atoms with van der Waals surface area (Å²) in [5.74, 6) is 1.38. The number of hydrogen-bond donors (Lipinski definition) is 1. The Morgan fingerprint density at radius 1 is 0.794 bits per heavy atom. The average molecular weight is 474 g/mol. The highest BCUT2D eigenvalue weighted by atomic mass is 32.2. The second kappa shape index (κ2) is 9.40. The fraction of sp³-hybridized carbons (Fsp3) is 0.231. The molecule has 0 radical (unpaired) electrons. The Bertz CT molecular complexity index is 1370. The summed E-state index contributed by atoms with van der Waals surface area (Å²) in [5, 5.41) is 4.51. The molecule has 1 N–H and O–H groups in total. The number of hydrogen-bond acceptors (Lipinski definition) is 6. The number of piperazine rings is 1. The van der Waals surface area contributed by atoms with Gasteiger partial charge in [0.2, 0.25) is 16.0 Å². The fourth-order valence-electron chi connectivity index (χ4n) is 4.22. The zero-order valence-electron chi connectivity index (χ0n) is 19.0. The van der Waals surface area contributed by atoms with E-state index in [9.17, 15) is 8.42 Å². The predicted octanol–water partition coefficient (Wildman–Crippen LogP) is 4.31. The lowest BCUT2D eigenvalue weighted by Crippen LogP contribution is -2.49. The van der Waals surface area contributed by atoms with Crippen LogP contribution in [0.2, 0.25) is 0 Å². The van der Waals surface area contributed by atoms with Crippen molar-refractivity contribution >= 4 is 32.7 Å². The van der Waals surface area contributed by atoms with E-state index in [1.54, 1.807) is 24.3 Å². The third-order valence-electron chi connectivity index (χ3n) is 6.15. The molecule has 1 unspecified atom stereocenters. The molecule has 0 spiro atoms. The van der Waals surface area contributed by atoms with Gasteiger partial charge in [0.15, 0.2) is 0 Å². The van der Waals surface area contributed by atoms with Gasteiger partial charge in [-0.1, -0.05) is 60.7 Å². The van der Waals surface area contributed by atoms with Gasteiger partial charge in [-0.15, -0.1) is 0 Å². The maximum Gasteiger partial charge on any atom is 0.243 e. The van der Waals surface area contributed by atoms with Crippen LogP contribution in [0.4, 0.5) is 11.8 Å². The van der Waals surface area contributed by atoms with Crippen LogP contribution >= 0.6 is 0 Å². The van der Waals surface area contributed by atoms with Crippen LogP contribution in [0.3, 0.4) is 0 Å². The molecular formula is C26H27N5O2S. The Labute approximate surface area is 200 Å². The SMILES string of the molecule is CC(Nc1nc(N2CCN(S(=O)(=O)c3ccccc3)CC2)nc2ccccc12)c1ccccc1. The molecular weight excluding hydrogens is 446 g/mol. The van der Waals surface area contributed by atoms with E-state index in [-0.39, 0.29) is 6.04 Å². The molecule has 1 aliphatic rings. The lowest BCUT2D eigenvalue weighted by Gasteiger charge is -2.34. The van der Waals surface area contributed by atoms with Crippen LogP contribution in [0.15, 0.2) is 89.8 Å². The van der Waals surface area contributed by atoms with Crippen LogP contribution in [0.5, 0.6) is 0 Å². The Morgan fingerprint density at radius 2 is 1.41 bits per heavy atom. The molecule has 1 fully saturated rings. The Morgan fingerprint density at radius 3 is 2.12 bits per heavy atom. The molecule has 2 heterocycles. The van der Waals surface area contributed by atoms with E-state index in [2.05, 4.69) is 29.3 Å². The van der Waals surface area contributed by atoms with E-state index < -0.39 is 10.0 Å². The topological polar surface area (TPSA) is 78.4 Å². The number of benzene rings is 3. The minimum Gasteiger partial charge on any atom is -0.363 e. The van der Waals surface area contributed by atoms with Gasteiger partial charge in [-0.2, -0.15) is 9.29 Å². The van der Waals surface area contributed by atoms with Gasteiger partial charge in [0.05, 0.1) is 10.4 Å². The van der Waals surface area contributed by atoms with Gasteiger partial charge in [-0.25, -0.2) is 13.4 Å². The highest BCUT2D eigenvalue weighted by Crippen LogP contribution is 2.28. The summed E-state index contributed by atoms with van der Waals surface area (Å²) in [6.45, 7) is 3.93. The summed E-state index contributed by atoms with van der Waals surface area (Å²) >= 11 is 0. The van der Waals surface area contributed by atoms with Crippen molar-refractivity contribution in [3.63, 3.8) is 0 Å². The number of nitrogens with zero attached hydrogens (tertiary/aromatic N) is 4. The maximum absolute atomic E-state index is 13.0. The standard InChI is InChI=1S/C26H27N5O2S/c1-20(21-10-4-2-5-11-21)27-25-23-14-8-9-15-24(23)28-26(29-25)30-16-18-31(19-17-30)34(32,33)22-12-6-3-7-13-22/h2-15,20H,16-19H2,1H3,(H,27,28,29). The molecule has 7 nitrogen and oxygen atoms in total. The molecule has 4 aromatic rings. The third kappa shape index (κ3) is 4.47. The number of anilines is 2. The molecule has 0 aliphatic carbocycles. The summed E-state index contributed by atoms with van der Waals surface area (Å²) in [5.41, 5.74) is 2.03. The number of fused-ring (bicyclic) bond motifs is 1. The first-order valence-electron chi connectivity index (χ1n) is 11.4. The number of sulfonamides is 1. The Hall–Kier alpha value is -3.49. The lowest BCUT2D eigenvalue weighted by molar-refractivity contribution is 0.382. The van der Waals surface area contributed by atoms with Crippen LogP contribution in [0.25, 0.3) is 10.9 Å². The maximum atomic E-state index is 13.0. The largest absolute Gasteiger partial charge is 0.363 e. The third-order valence-corrected chi connectivity index (χ3v) is 8.06. The molecule has 1 saturated heterocycles. The summed E-state index contributed by atoms with van der Waals surface area (Å²) < 4.78 is 27.5. The van der Waals surface area contributed by atoms with E-state index in [4.69, 9.17) is 9.97 Å². The molecule has 1 atom stereocenters. The molecule has 34 heavy (non-hydrogen) atoms. The molecule has 0 amide bonds. The predicted molar refractivity (Wildman–Crippen MR) is 135 cm³/mol. The highest BCUT2D eigenvalue weighted by molar-refractivity contribution is 7.89. The molecule has 5 rings (SSSR count). The van der Waals surface area contributed by atoms with Crippen LogP contribution in [0, 0.1) is 0 Å². The van der Waals surface area contributed by atoms with Crippen molar-refractivity contribution in [2.75, 3.05) is 36.4 Å². The van der Waals surface area contributed by atoms with Crippen molar-refractivity contribution in [2.45, 2.75) is 17.9 Å². The van der Waals surface area contributed by atoms with Crippen molar-refractivity contribution in [2.24, 2.45) is 0 Å². The van der Waals surface area contributed by atoms with Gasteiger partial charge in [-0.3, -0.25) is 0 Å². The van der Waals surface area contributed by atoms with Gasteiger partial charge in [0.25, 0.3) is 0 Å². The Balaban J connectivity index is 1.38. The molecule has 174 valence electrons. The van der Waals surface area contributed by atoms with E-state index in [1.165, 1.54) is 9.87 Å². The van der Waals surface area contributed by atoms with Gasteiger partial charge in [0.1, 0.15) is 5.82 Å². The van der Waals surface area contributed by atoms with Gasteiger partial charge >= 0.3 is 0 Å². The normalized spacial score (nSPS) is 15.9. The van der Waals surface area contributed by atoms with E-state index >= 15 is 0 Å². The first-order chi connectivity index (χ1) is 16.5. The minimum atomic E-state index is -3.50. The first kappa shape index (κ1) is 22.3. The van der Waals surface area contributed by atoms with Gasteiger partial charge in [0, 0.05) is 37.6 Å². The van der Waals surface area contributed by atoms with E-state index in [0.717, 1.165) is 16.7 Å². The molecule has 1 aromatic heterocycles. The second-order valence-corrected chi connectivity index (χ2v) is 10.3. The summed E-state index contributed by atoms with van der Waals surface area (Å²) in [6.07, 6.45) is 0. The summed E-state index contributed by atoms with van der Waals surface area (Å²) in [7, 11) is -3.50. The van der Waals surface area contributed by atoms with Gasteiger partial charge < -0.3 is 10.2 Å². The zero-order chi connectivity index (χ0) is 23.5. The van der Waals surface area contributed by atoms with Gasteiger partial charge in [-0.05, 0) is 36.8 Å². The molecule has 0 saturated carbocycles. The van der Waals surface area contributed by atoms with Crippen molar-refractivity contribution in [1.29, 1.82) is 0 Å². The Kier molecular flexibility index (Phi) is 6.17. The lowest BCUT2D eigenvalue weighted by atomic mass is 10.1. The molecule has 0 bridgehead atoms. The van der Waals surface area contributed by atoms with Crippen LogP contribution in [0.1, 0.15) is 18.5 Å². The van der Waals surface area contributed by atoms with E-state index in [0.29, 0.717) is 37.0 Å². The first-order valence-corrected chi connectivity index (χ1v) is 12.8. The quantitative estimate of drug-likeness (QED) is 0.450. The molecule has 8 heteroatoms. The average Bonchev–Trinajstić information content (AvgIpc) is 2.89. The second-order valence-electron chi connectivity index (χ2n) is 8.37. The summed E-state index contributed by atoms with van der Waals surface area (Å²) in [4.78, 5) is 12.0. The van der Waals surface area contributed by atoms with E-state index in [1.807, 2.05) is 48.5 Å². The number of nitrogens with one attached hydrogen (secondary N) is 1. The zero-order valence-corrected chi connectivity index (χ0v) is 19.8. The smallest absolute Gasteiger partial charge is 0.243 e. The molecule has 3 aromatic carbocycles. The fourth-order valence-corrected chi connectivity index (χ4v) is 5.66. The molecule has 1 aliphatic heterocycles. The summed E-state index contributed by atoms with van der Waals surface area (Å²) in [6, 6.07) is 26.9. The number of aromatic nitrogens is 2. The highest BCUT2D eigenvalue weighted by Gasteiger charge is 2.29. The minimum absolute atomic E-state index is 0.0696. The van der Waals surface area contributed by atoms with Crippen molar-refractivity contribution in [3.8, 4) is 0 Å². The number of para-hydroxylation sites is 1. The van der Waals surface area contributed by atoms with Crippen LogP contribution in [-0.4, -0.2) is 48.9 Å². The van der Waals surface area contributed by atoms with Crippen molar-refractivity contribution < 1.29 is 8.42 Å². The number of rotatable bonds is 6.